The summed E-state index contributed by atoms with van der Waals surface area (Å²) in [5.41, 5.74) is 0.175. The van der Waals surface area contributed by atoms with E-state index in [1.165, 1.54) is 12.2 Å². The van der Waals surface area contributed by atoms with Crippen LogP contribution in [0.5, 0.6) is 0 Å². The third kappa shape index (κ3) is 5.51. The van der Waals surface area contributed by atoms with Gasteiger partial charge >= 0.3 is 0 Å². The highest BCUT2D eigenvalue weighted by Gasteiger charge is 2.40. The molecule has 0 radical (unpaired) electrons. The predicted octanol–water partition coefficient (Wildman–Crippen LogP) is 0.760. The van der Waals surface area contributed by atoms with E-state index in [1.54, 1.807) is 6.92 Å². The Labute approximate surface area is 167 Å². The summed E-state index contributed by atoms with van der Waals surface area (Å²) in [7, 11) is 0. The zero-order chi connectivity index (χ0) is 19.1. The van der Waals surface area contributed by atoms with E-state index < -0.39 is 0 Å². The van der Waals surface area contributed by atoms with Gasteiger partial charge in [-0.2, -0.15) is 11.8 Å². The van der Waals surface area contributed by atoms with Crippen molar-refractivity contribution in [1.82, 2.24) is 20.4 Å². The van der Waals surface area contributed by atoms with Gasteiger partial charge in [-0.05, 0) is 31.9 Å². The summed E-state index contributed by atoms with van der Waals surface area (Å²) >= 11 is 2.05. The molecule has 1 atom stereocenters. The fourth-order valence-electron chi connectivity index (χ4n) is 4.19. The normalized spacial score (nSPS) is 28.4. The number of rotatable bonds is 5. The molecule has 1 unspecified atom stereocenters. The highest BCUT2D eigenvalue weighted by atomic mass is 32.2. The lowest BCUT2D eigenvalue weighted by atomic mass is 9.96. The fraction of sp³-hybridized carbons (Fsp3) is 0.895. The number of likely N-dealkylation sites (tertiary alicyclic amines) is 1. The Morgan fingerprint density at radius 3 is 2.59 bits per heavy atom. The van der Waals surface area contributed by atoms with Crippen LogP contribution in [0.2, 0.25) is 0 Å². The summed E-state index contributed by atoms with van der Waals surface area (Å²) in [5, 5.41) is 7.03. The average Bonchev–Trinajstić information content (AvgIpc) is 3.18. The van der Waals surface area contributed by atoms with Crippen LogP contribution in [0.3, 0.4) is 0 Å². The van der Waals surface area contributed by atoms with E-state index in [-0.39, 0.29) is 11.4 Å². The van der Waals surface area contributed by atoms with Gasteiger partial charge in [0.1, 0.15) is 0 Å². The first-order valence-electron chi connectivity index (χ1n) is 10.3. The van der Waals surface area contributed by atoms with E-state index in [0.717, 1.165) is 77.0 Å². The molecule has 7 nitrogen and oxygen atoms in total. The monoisotopic (exact) mass is 397 g/mol. The molecule has 2 N–H and O–H groups in total. The second kappa shape index (κ2) is 9.98. The van der Waals surface area contributed by atoms with E-state index in [1.807, 2.05) is 16.7 Å². The van der Waals surface area contributed by atoms with Crippen LogP contribution in [0, 0.1) is 0 Å². The van der Waals surface area contributed by atoms with Crippen LogP contribution in [0.1, 0.15) is 33.1 Å². The van der Waals surface area contributed by atoms with Gasteiger partial charge in [0.15, 0.2) is 5.96 Å². The first-order chi connectivity index (χ1) is 13.1. The molecule has 3 heterocycles. The minimum Gasteiger partial charge on any atom is -0.379 e. The first-order valence-corrected chi connectivity index (χ1v) is 11.5. The molecule has 3 saturated heterocycles. The number of morpholine rings is 1. The van der Waals surface area contributed by atoms with Gasteiger partial charge in [-0.3, -0.25) is 14.7 Å². The van der Waals surface area contributed by atoms with Crippen LogP contribution in [0.25, 0.3) is 0 Å². The van der Waals surface area contributed by atoms with E-state index in [9.17, 15) is 4.79 Å². The highest BCUT2D eigenvalue weighted by molar-refractivity contribution is 7.99. The Bertz CT molecular complexity index is 510. The van der Waals surface area contributed by atoms with Crippen molar-refractivity contribution >= 4 is 23.6 Å². The van der Waals surface area contributed by atoms with Crippen LogP contribution in [-0.2, 0) is 9.53 Å². The molecule has 3 fully saturated rings. The Balaban J connectivity index is 1.59. The summed E-state index contributed by atoms with van der Waals surface area (Å²) in [6.07, 6.45) is 3.17. The summed E-state index contributed by atoms with van der Waals surface area (Å²) in [6, 6.07) is 0.385. The molecular weight excluding hydrogens is 362 g/mol. The average molecular weight is 398 g/mol. The quantitative estimate of drug-likeness (QED) is 0.527. The van der Waals surface area contributed by atoms with Crippen LogP contribution >= 0.6 is 11.8 Å². The lowest BCUT2D eigenvalue weighted by molar-refractivity contribution is -0.129. The molecule has 0 spiro atoms. The van der Waals surface area contributed by atoms with Gasteiger partial charge in [0.2, 0.25) is 5.91 Å². The van der Waals surface area contributed by atoms with Crippen molar-refractivity contribution in [3.63, 3.8) is 0 Å². The van der Waals surface area contributed by atoms with Crippen LogP contribution < -0.4 is 10.6 Å². The maximum Gasteiger partial charge on any atom is 0.219 e. The molecule has 3 rings (SSSR count). The SMILES string of the molecule is CCNC(=NCC1(N2CCOCC2)CCSC1)NC1CCN(C(C)=O)CC1. The standard InChI is InChI=1S/C19H35N5O2S/c1-3-20-18(22-17-4-7-23(8-5-17)16(2)25)21-14-19(6-13-27-15-19)24-9-11-26-12-10-24/h17H,3-15H2,1-2H3,(H2,20,21,22). The molecule has 0 aromatic rings. The van der Waals surface area contributed by atoms with Crippen molar-refractivity contribution in [1.29, 1.82) is 0 Å². The Morgan fingerprint density at radius 2 is 2.00 bits per heavy atom. The number of nitrogens with one attached hydrogen (secondary N) is 2. The van der Waals surface area contributed by atoms with Crippen LogP contribution in [0.4, 0.5) is 0 Å². The zero-order valence-electron chi connectivity index (χ0n) is 16.8. The predicted molar refractivity (Wildman–Crippen MR) is 111 cm³/mol. The first kappa shape index (κ1) is 20.7. The number of carbonyl (C=O) groups excluding carboxylic acids is 1. The van der Waals surface area contributed by atoms with Crippen molar-refractivity contribution in [2.24, 2.45) is 4.99 Å². The number of thioether (sulfide) groups is 1. The van der Waals surface area contributed by atoms with Crippen molar-refractivity contribution in [2.45, 2.75) is 44.7 Å². The molecule has 3 aliphatic rings. The molecule has 8 heteroatoms. The second-order valence-corrected chi connectivity index (χ2v) is 8.85. The summed E-state index contributed by atoms with van der Waals surface area (Å²) < 4.78 is 5.56. The van der Waals surface area contributed by atoms with Gasteiger partial charge in [-0.1, -0.05) is 0 Å². The number of guanidine groups is 1. The van der Waals surface area contributed by atoms with E-state index >= 15 is 0 Å². The summed E-state index contributed by atoms with van der Waals surface area (Å²) in [4.78, 5) is 21.1. The number of nitrogens with zero attached hydrogens (tertiary/aromatic N) is 3. The molecule has 0 saturated carbocycles. The minimum absolute atomic E-state index is 0.175. The maximum absolute atomic E-state index is 11.5. The van der Waals surface area contributed by atoms with Gasteiger partial charge < -0.3 is 20.3 Å². The van der Waals surface area contributed by atoms with Crippen LogP contribution in [0.15, 0.2) is 4.99 Å². The molecule has 0 bridgehead atoms. The molecule has 1 amide bonds. The third-order valence-corrected chi connectivity index (χ3v) is 7.16. The fourth-order valence-corrected chi connectivity index (χ4v) is 5.65. The van der Waals surface area contributed by atoms with Crippen LogP contribution in [-0.4, -0.2) is 97.2 Å². The van der Waals surface area contributed by atoms with Gasteiger partial charge in [-0.25, -0.2) is 0 Å². The number of amides is 1. The Morgan fingerprint density at radius 1 is 1.26 bits per heavy atom. The summed E-state index contributed by atoms with van der Waals surface area (Å²) in [5.74, 6) is 3.48. The number of ether oxygens (including phenoxy) is 1. The van der Waals surface area contributed by atoms with Crippen molar-refractivity contribution < 1.29 is 9.53 Å². The topological polar surface area (TPSA) is 69.2 Å². The number of hydrogen-bond acceptors (Lipinski definition) is 5. The largest absolute Gasteiger partial charge is 0.379 e. The van der Waals surface area contributed by atoms with Crippen molar-refractivity contribution in [3.8, 4) is 0 Å². The zero-order valence-corrected chi connectivity index (χ0v) is 17.7. The molecule has 0 aliphatic carbocycles. The van der Waals surface area contributed by atoms with E-state index in [0.29, 0.717) is 6.04 Å². The lowest BCUT2D eigenvalue weighted by Gasteiger charge is -2.42. The minimum atomic E-state index is 0.175. The van der Waals surface area contributed by atoms with Gasteiger partial charge in [0.05, 0.1) is 25.3 Å². The van der Waals surface area contributed by atoms with Gasteiger partial charge in [-0.15, -0.1) is 0 Å². The van der Waals surface area contributed by atoms with Crippen molar-refractivity contribution in [3.05, 3.63) is 0 Å². The smallest absolute Gasteiger partial charge is 0.219 e. The maximum atomic E-state index is 11.5. The number of carbonyl (C=O) groups is 1. The Hall–Kier alpha value is -0.990. The summed E-state index contributed by atoms with van der Waals surface area (Å²) in [6.45, 7) is 10.8. The molecular formula is C19H35N5O2S. The highest BCUT2D eigenvalue weighted by Crippen LogP contribution is 2.34. The van der Waals surface area contributed by atoms with Crippen molar-refractivity contribution in [2.75, 3.05) is 64.0 Å². The molecule has 0 aromatic heterocycles. The molecule has 27 heavy (non-hydrogen) atoms. The molecule has 154 valence electrons. The second-order valence-electron chi connectivity index (χ2n) is 7.75. The number of aliphatic imine (C=N–C) groups is 1. The van der Waals surface area contributed by atoms with Gasteiger partial charge in [0, 0.05) is 51.4 Å². The van der Waals surface area contributed by atoms with E-state index in [2.05, 4.69) is 22.5 Å². The lowest BCUT2D eigenvalue weighted by Crippen LogP contribution is -2.56. The van der Waals surface area contributed by atoms with E-state index in [4.69, 9.17) is 9.73 Å². The Kier molecular flexibility index (Phi) is 7.66. The third-order valence-electron chi connectivity index (χ3n) is 5.92. The number of hydrogen-bond donors (Lipinski definition) is 2. The molecule has 3 aliphatic heterocycles. The number of piperidine rings is 1. The van der Waals surface area contributed by atoms with Gasteiger partial charge in [0.25, 0.3) is 0 Å². The molecule has 0 aromatic carbocycles.